The molecule has 0 aliphatic carbocycles. The van der Waals surface area contributed by atoms with Crippen LogP contribution in [0.3, 0.4) is 0 Å². The summed E-state index contributed by atoms with van der Waals surface area (Å²) in [5, 5.41) is 15.8. The standard InChI is InChI=1S/C18H14F3N3O4/c19-18(20,21)27-13-8-6-12(7-9-13)17-23-15(24-28-17)14(10-25)22-16(26)11-4-2-1-3-5-11/h1-9,14,25H,10H2,(H,22,26)/t14-/m0/s1. The molecule has 1 heterocycles. The minimum atomic E-state index is -4.79. The molecule has 28 heavy (non-hydrogen) atoms. The van der Waals surface area contributed by atoms with Crippen LogP contribution in [0.1, 0.15) is 22.2 Å². The molecule has 0 aliphatic rings. The summed E-state index contributed by atoms with van der Waals surface area (Å²) >= 11 is 0. The summed E-state index contributed by atoms with van der Waals surface area (Å²) in [5.41, 5.74) is 0.740. The number of nitrogens with one attached hydrogen (secondary N) is 1. The zero-order chi connectivity index (χ0) is 20.1. The third-order valence-electron chi connectivity index (χ3n) is 3.61. The lowest BCUT2D eigenvalue weighted by molar-refractivity contribution is -0.274. The van der Waals surface area contributed by atoms with Gasteiger partial charge in [-0.15, -0.1) is 13.2 Å². The number of ether oxygens (including phenoxy) is 1. The van der Waals surface area contributed by atoms with Crippen LogP contribution >= 0.6 is 0 Å². The van der Waals surface area contributed by atoms with E-state index in [4.69, 9.17) is 4.52 Å². The van der Waals surface area contributed by atoms with Gasteiger partial charge >= 0.3 is 6.36 Å². The van der Waals surface area contributed by atoms with E-state index in [1.807, 2.05) is 0 Å². The maximum atomic E-state index is 12.2. The molecule has 0 aliphatic heterocycles. The van der Waals surface area contributed by atoms with E-state index in [0.717, 1.165) is 12.1 Å². The number of aliphatic hydroxyl groups excluding tert-OH is 1. The average molecular weight is 393 g/mol. The second kappa shape index (κ2) is 8.09. The minimum Gasteiger partial charge on any atom is -0.406 e. The fourth-order valence-corrected chi connectivity index (χ4v) is 2.32. The molecule has 2 N–H and O–H groups in total. The molecular formula is C18H14F3N3O4. The molecule has 0 saturated heterocycles. The second-order valence-corrected chi connectivity index (χ2v) is 5.60. The first-order valence-electron chi connectivity index (χ1n) is 8.02. The molecule has 1 amide bonds. The summed E-state index contributed by atoms with van der Waals surface area (Å²) in [7, 11) is 0. The normalized spacial score (nSPS) is 12.4. The van der Waals surface area contributed by atoms with Crippen molar-refractivity contribution in [3.63, 3.8) is 0 Å². The Balaban J connectivity index is 1.72. The quantitative estimate of drug-likeness (QED) is 0.668. The molecule has 1 atom stereocenters. The largest absolute Gasteiger partial charge is 0.573 e. The van der Waals surface area contributed by atoms with Crippen molar-refractivity contribution < 1.29 is 32.3 Å². The summed E-state index contributed by atoms with van der Waals surface area (Å²) in [5.74, 6) is -0.780. The molecule has 0 bridgehead atoms. The van der Waals surface area contributed by atoms with Crippen molar-refractivity contribution in [1.29, 1.82) is 0 Å². The monoisotopic (exact) mass is 393 g/mol. The maximum absolute atomic E-state index is 12.2. The Morgan fingerprint density at radius 2 is 1.82 bits per heavy atom. The first-order chi connectivity index (χ1) is 13.4. The molecule has 1 aromatic heterocycles. The molecule has 3 aromatic rings. The number of hydrogen-bond donors (Lipinski definition) is 2. The van der Waals surface area contributed by atoms with Gasteiger partial charge in [0.1, 0.15) is 11.8 Å². The molecule has 0 fully saturated rings. The molecule has 146 valence electrons. The lowest BCUT2D eigenvalue weighted by Gasteiger charge is -2.12. The number of nitrogens with zero attached hydrogens (tertiary/aromatic N) is 2. The third kappa shape index (κ3) is 4.86. The number of rotatable bonds is 6. The van der Waals surface area contributed by atoms with Gasteiger partial charge in [0.15, 0.2) is 5.82 Å². The Morgan fingerprint density at radius 1 is 1.14 bits per heavy atom. The third-order valence-corrected chi connectivity index (χ3v) is 3.61. The number of alkyl halides is 3. The van der Waals surface area contributed by atoms with E-state index >= 15 is 0 Å². The van der Waals surface area contributed by atoms with Gasteiger partial charge in [-0.25, -0.2) is 0 Å². The van der Waals surface area contributed by atoms with Gasteiger partial charge in [0, 0.05) is 11.1 Å². The molecule has 7 nitrogen and oxygen atoms in total. The highest BCUT2D eigenvalue weighted by atomic mass is 19.4. The van der Waals surface area contributed by atoms with Crippen molar-refractivity contribution in [3.05, 3.63) is 66.0 Å². The molecule has 0 spiro atoms. The number of amides is 1. The van der Waals surface area contributed by atoms with Crippen molar-refractivity contribution in [3.8, 4) is 17.2 Å². The number of benzene rings is 2. The zero-order valence-electron chi connectivity index (χ0n) is 14.2. The lowest BCUT2D eigenvalue weighted by atomic mass is 10.2. The molecule has 2 aromatic carbocycles. The van der Waals surface area contributed by atoms with Crippen LogP contribution in [0, 0.1) is 0 Å². The fraction of sp³-hybridized carbons (Fsp3) is 0.167. The van der Waals surface area contributed by atoms with Crippen LogP contribution in [0.5, 0.6) is 5.75 Å². The van der Waals surface area contributed by atoms with Crippen molar-refractivity contribution in [2.75, 3.05) is 6.61 Å². The van der Waals surface area contributed by atoms with Crippen LogP contribution in [0.2, 0.25) is 0 Å². The van der Waals surface area contributed by atoms with Gasteiger partial charge in [0.2, 0.25) is 0 Å². The SMILES string of the molecule is O=C(N[C@@H](CO)c1noc(-c2ccc(OC(F)(F)F)cc2)n1)c1ccccc1. The second-order valence-electron chi connectivity index (χ2n) is 5.60. The predicted molar refractivity (Wildman–Crippen MR) is 90.2 cm³/mol. The number of aliphatic hydroxyl groups is 1. The Morgan fingerprint density at radius 3 is 2.43 bits per heavy atom. The average Bonchev–Trinajstić information content (AvgIpc) is 3.16. The van der Waals surface area contributed by atoms with E-state index < -0.39 is 24.9 Å². The first-order valence-corrected chi connectivity index (χ1v) is 8.02. The number of hydrogen-bond acceptors (Lipinski definition) is 6. The highest BCUT2D eigenvalue weighted by Gasteiger charge is 2.31. The van der Waals surface area contributed by atoms with Gasteiger partial charge in [-0.05, 0) is 36.4 Å². The Kier molecular flexibility index (Phi) is 5.59. The number of carbonyl (C=O) groups excluding carboxylic acids is 1. The van der Waals surface area contributed by atoms with Crippen molar-refractivity contribution in [1.82, 2.24) is 15.5 Å². The van der Waals surface area contributed by atoms with Gasteiger partial charge in [0.05, 0.1) is 6.61 Å². The van der Waals surface area contributed by atoms with E-state index in [2.05, 4.69) is 20.2 Å². The molecule has 0 radical (unpaired) electrons. The summed E-state index contributed by atoms with van der Waals surface area (Å²) in [6.45, 7) is -0.476. The van der Waals surface area contributed by atoms with Crippen LogP contribution < -0.4 is 10.1 Å². The van der Waals surface area contributed by atoms with Crippen LogP contribution in [0.25, 0.3) is 11.5 Å². The van der Waals surface area contributed by atoms with Crippen LogP contribution in [-0.4, -0.2) is 34.1 Å². The van der Waals surface area contributed by atoms with Crippen LogP contribution in [0.4, 0.5) is 13.2 Å². The summed E-state index contributed by atoms with van der Waals surface area (Å²) in [6.07, 6.45) is -4.79. The zero-order valence-corrected chi connectivity index (χ0v) is 14.2. The smallest absolute Gasteiger partial charge is 0.406 e. The Labute approximate surface area is 156 Å². The van der Waals surface area contributed by atoms with Crippen molar-refractivity contribution >= 4 is 5.91 Å². The first kappa shape index (κ1) is 19.4. The topological polar surface area (TPSA) is 97.5 Å². The fourth-order valence-electron chi connectivity index (χ4n) is 2.32. The molecule has 0 saturated carbocycles. The van der Waals surface area contributed by atoms with Crippen LogP contribution in [-0.2, 0) is 0 Å². The number of aromatic nitrogens is 2. The van der Waals surface area contributed by atoms with Gasteiger partial charge in [-0.1, -0.05) is 23.4 Å². The number of halogens is 3. The highest BCUT2D eigenvalue weighted by molar-refractivity contribution is 5.94. The predicted octanol–water partition coefficient (Wildman–Crippen LogP) is 3.10. The summed E-state index contributed by atoms with van der Waals surface area (Å²) < 4.78 is 45.5. The Hall–Kier alpha value is -3.40. The van der Waals surface area contributed by atoms with Gasteiger partial charge in [-0.3, -0.25) is 4.79 Å². The van der Waals surface area contributed by atoms with Gasteiger partial charge in [0.25, 0.3) is 11.8 Å². The van der Waals surface area contributed by atoms with Crippen molar-refractivity contribution in [2.45, 2.75) is 12.4 Å². The van der Waals surface area contributed by atoms with E-state index in [-0.39, 0.29) is 17.5 Å². The van der Waals surface area contributed by atoms with Gasteiger partial charge < -0.3 is 19.7 Å². The molecule has 10 heteroatoms. The Bertz CT molecular complexity index is 927. The van der Waals surface area contributed by atoms with E-state index in [0.29, 0.717) is 11.1 Å². The van der Waals surface area contributed by atoms with E-state index in [1.54, 1.807) is 30.3 Å². The lowest BCUT2D eigenvalue weighted by Crippen LogP contribution is -2.31. The highest BCUT2D eigenvalue weighted by Crippen LogP contribution is 2.26. The molecular weight excluding hydrogens is 379 g/mol. The van der Waals surface area contributed by atoms with Crippen molar-refractivity contribution in [2.24, 2.45) is 0 Å². The maximum Gasteiger partial charge on any atom is 0.573 e. The molecule has 0 unspecified atom stereocenters. The summed E-state index contributed by atoms with van der Waals surface area (Å²) in [4.78, 5) is 16.3. The van der Waals surface area contributed by atoms with E-state index in [1.165, 1.54) is 12.1 Å². The summed E-state index contributed by atoms with van der Waals surface area (Å²) in [6, 6.07) is 12.3. The van der Waals surface area contributed by atoms with Crippen LogP contribution in [0.15, 0.2) is 59.1 Å². The molecule has 3 rings (SSSR count). The number of carbonyl (C=O) groups is 1. The van der Waals surface area contributed by atoms with E-state index in [9.17, 15) is 23.1 Å². The van der Waals surface area contributed by atoms with Gasteiger partial charge in [-0.2, -0.15) is 4.98 Å². The minimum absolute atomic E-state index is 0.0148.